The molecule has 0 radical (unpaired) electrons. The van der Waals surface area contributed by atoms with E-state index in [2.05, 4.69) is 63.2 Å². The molecule has 1 atom stereocenters. The van der Waals surface area contributed by atoms with Gasteiger partial charge in [-0.05, 0) is 61.4 Å². The molecule has 2 rings (SSSR count). The topological polar surface area (TPSA) is 26.0 Å². The second kappa shape index (κ2) is 6.03. The number of benzene rings is 2. The highest BCUT2D eigenvalue weighted by Crippen LogP contribution is 2.23. The summed E-state index contributed by atoms with van der Waals surface area (Å²) in [6.07, 6.45) is 2.09. The molecule has 0 aliphatic rings. The summed E-state index contributed by atoms with van der Waals surface area (Å²) >= 11 is 0. The second-order valence-electron chi connectivity index (χ2n) is 5.52. The van der Waals surface area contributed by atoms with Crippen LogP contribution in [0, 0.1) is 13.8 Å². The van der Waals surface area contributed by atoms with E-state index >= 15 is 0 Å². The fourth-order valence-corrected chi connectivity index (χ4v) is 2.22. The molecule has 0 heterocycles. The highest BCUT2D eigenvalue weighted by molar-refractivity contribution is 5.65. The number of aryl methyl sites for hydroxylation is 3. The van der Waals surface area contributed by atoms with Crippen molar-refractivity contribution in [3.05, 3.63) is 59.2 Å². The van der Waals surface area contributed by atoms with E-state index in [1.807, 2.05) is 0 Å². The first kappa shape index (κ1) is 13.8. The van der Waals surface area contributed by atoms with E-state index in [-0.39, 0.29) is 6.04 Å². The molecule has 2 N–H and O–H groups in total. The van der Waals surface area contributed by atoms with Crippen LogP contribution in [0.1, 0.15) is 30.0 Å². The number of rotatable bonds is 4. The summed E-state index contributed by atoms with van der Waals surface area (Å²) in [7, 11) is 0. The summed E-state index contributed by atoms with van der Waals surface area (Å²) in [5, 5.41) is 0. The lowest BCUT2D eigenvalue weighted by Crippen LogP contribution is -2.15. The molecule has 0 amide bonds. The van der Waals surface area contributed by atoms with Gasteiger partial charge in [-0.1, -0.05) is 42.5 Å². The van der Waals surface area contributed by atoms with Gasteiger partial charge in [0.2, 0.25) is 0 Å². The predicted octanol–water partition coefficient (Wildman–Crippen LogP) is 4.25. The molecule has 100 valence electrons. The Balaban J connectivity index is 2.24. The lowest BCUT2D eigenvalue weighted by molar-refractivity contribution is 0.666. The Bertz CT molecular complexity index is 555. The molecular formula is C18H23N. The maximum absolute atomic E-state index is 5.83. The lowest BCUT2D eigenvalue weighted by atomic mass is 9.97. The van der Waals surface area contributed by atoms with Crippen LogP contribution in [-0.2, 0) is 6.42 Å². The van der Waals surface area contributed by atoms with E-state index in [4.69, 9.17) is 5.73 Å². The van der Waals surface area contributed by atoms with Gasteiger partial charge in [0.25, 0.3) is 0 Å². The average Bonchev–Trinajstić information content (AvgIpc) is 2.40. The fourth-order valence-electron chi connectivity index (χ4n) is 2.22. The van der Waals surface area contributed by atoms with Crippen LogP contribution in [0.15, 0.2) is 42.5 Å². The van der Waals surface area contributed by atoms with E-state index in [1.165, 1.54) is 27.8 Å². The van der Waals surface area contributed by atoms with Crippen molar-refractivity contribution in [2.24, 2.45) is 5.73 Å². The maximum atomic E-state index is 5.83. The number of hydrogen-bond acceptors (Lipinski definition) is 1. The van der Waals surface area contributed by atoms with Crippen LogP contribution in [0.4, 0.5) is 0 Å². The normalized spacial score (nSPS) is 12.4. The van der Waals surface area contributed by atoms with Crippen LogP contribution >= 0.6 is 0 Å². The third-order valence-corrected chi connectivity index (χ3v) is 3.66. The molecule has 0 spiro atoms. The van der Waals surface area contributed by atoms with Gasteiger partial charge >= 0.3 is 0 Å². The molecule has 0 saturated heterocycles. The Morgan fingerprint density at radius 1 is 0.947 bits per heavy atom. The summed E-state index contributed by atoms with van der Waals surface area (Å²) in [6.45, 7) is 6.38. The van der Waals surface area contributed by atoms with E-state index in [0.717, 1.165) is 12.8 Å². The van der Waals surface area contributed by atoms with E-state index < -0.39 is 0 Å². The van der Waals surface area contributed by atoms with Crippen LogP contribution in [0.3, 0.4) is 0 Å². The smallest absolute Gasteiger partial charge is 0.00136 e. The zero-order valence-electron chi connectivity index (χ0n) is 12.1. The fraction of sp³-hybridized carbons (Fsp3) is 0.333. The minimum Gasteiger partial charge on any atom is -0.328 e. The van der Waals surface area contributed by atoms with Gasteiger partial charge < -0.3 is 5.73 Å². The standard InChI is InChI=1S/C18H23N/c1-13-7-10-18(11-14(13)2)17-6-4-5-16(12-17)9-8-15(3)19/h4-7,10-12,15H,8-9,19H2,1-3H3. The summed E-state index contributed by atoms with van der Waals surface area (Å²) in [5.74, 6) is 0. The zero-order chi connectivity index (χ0) is 13.8. The molecule has 0 aliphatic carbocycles. The Kier molecular flexibility index (Phi) is 4.39. The molecule has 0 aliphatic heterocycles. The third kappa shape index (κ3) is 3.68. The number of hydrogen-bond donors (Lipinski definition) is 1. The maximum Gasteiger partial charge on any atom is 0.00136 e. The van der Waals surface area contributed by atoms with Crippen LogP contribution in [-0.4, -0.2) is 6.04 Å². The van der Waals surface area contributed by atoms with E-state index in [0.29, 0.717) is 0 Å². The highest BCUT2D eigenvalue weighted by Gasteiger charge is 2.02. The van der Waals surface area contributed by atoms with Gasteiger partial charge in [-0.2, -0.15) is 0 Å². The van der Waals surface area contributed by atoms with E-state index in [1.54, 1.807) is 0 Å². The van der Waals surface area contributed by atoms with Gasteiger partial charge in [0, 0.05) is 6.04 Å². The van der Waals surface area contributed by atoms with Crippen molar-refractivity contribution >= 4 is 0 Å². The molecular weight excluding hydrogens is 230 g/mol. The van der Waals surface area contributed by atoms with Gasteiger partial charge in [-0.15, -0.1) is 0 Å². The van der Waals surface area contributed by atoms with Crippen molar-refractivity contribution in [3.8, 4) is 11.1 Å². The Morgan fingerprint density at radius 3 is 2.37 bits per heavy atom. The Hall–Kier alpha value is -1.60. The van der Waals surface area contributed by atoms with Crippen molar-refractivity contribution < 1.29 is 0 Å². The van der Waals surface area contributed by atoms with Gasteiger partial charge in [0.15, 0.2) is 0 Å². The quantitative estimate of drug-likeness (QED) is 0.866. The molecule has 1 heteroatoms. The molecule has 0 bridgehead atoms. The summed E-state index contributed by atoms with van der Waals surface area (Å²) in [5.41, 5.74) is 12.5. The van der Waals surface area contributed by atoms with Gasteiger partial charge in [0.1, 0.15) is 0 Å². The van der Waals surface area contributed by atoms with Crippen molar-refractivity contribution in [3.63, 3.8) is 0 Å². The molecule has 1 unspecified atom stereocenters. The van der Waals surface area contributed by atoms with Gasteiger partial charge in [-0.3, -0.25) is 0 Å². The monoisotopic (exact) mass is 253 g/mol. The van der Waals surface area contributed by atoms with Crippen LogP contribution in [0.2, 0.25) is 0 Å². The highest BCUT2D eigenvalue weighted by atomic mass is 14.6. The molecule has 19 heavy (non-hydrogen) atoms. The average molecular weight is 253 g/mol. The van der Waals surface area contributed by atoms with Crippen molar-refractivity contribution in [1.82, 2.24) is 0 Å². The molecule has 2 aromatic carbocycles. The molecule has 0 aromatic heterocycles. The first-order valence-corrected chi connectivity index (χ1v) is 6.98. The van der Waals surface area contributed by atoms with Crippen LogP contribution < -0.4 is 5.73 Å². The minimum absolute atomic E-state index is 0.269. The Labute approximate surface area is 116 Å². The largest absolute Gasteiger partial charge is 0.328 e. The van der Waals surface area contributed by atoms with Crippen molar-refractivity contribution in [2.45, 2.75) is 39.7 Å². The second-order valence-corrected chi connectivity index (χ2v) is 5.52. The molecule has 0 saturated carbocycles. The van der Waals surface area contributed by atoms with Crippen molar-refractivity contribution in [1.29, 1.82) is 0 Å². The van der Waals surface area contributed by atoms with E-state index in [9.17, 15) is 0 Å². The molecule has 0 fully saturated rings. The van der Waals surface area contributed by atoms with Crippen LogP contribution in [0.25, 0.3) is 11.1 Å². The minimum atomic E-state index is 0.269. The molecule has 1 nitrogen and oxygen atoms in total. The predicted molar refractivity (Wildman–Crippen MR) is 83.3 cm³/mol. The zero-order valence-corrected chi connectivity index (χ0v) is 12.1. The first-order valence-electron chi connectivity index (χ1n) is 6.98. The lowest BCUT2D eigenvalue weighted by Gasteiger charge is -2.09. The summed E-state index contributed by atoms with van der Waals surface area (Å²) in [4.78, 5) is 0. The number of nitrogens with two attached hydrogens (primary N) is 1. The van der Waals surface area contributed by atoms with Crippen molar-refractivity contribution in [2.75, 3.05) is 0 Å². The van der Waals surface area contributed by atoms with Crippen LogP contribution in [0.5, 0.6) is 0 Å². The Morgan fingerprint density at radius 2 is 1.68 bits per heavy atom. The third-order valence-electron chi connectivity index (χ3n) is 3.66. The van der Waals surface area contributed by atoms with Gasteiger partial charge in [0.05, 0.1) is 0 Å². The summed E-state index contributed by atoms with van der Waals surface area (Å²) in [6, 6.07) is 15.7. The molecule has 2 aromatic rings. The summed E-state index contributed by atoms with van der Waals surface area (Å²) < 4.78 is 0. The first-order chi connectivity index (χ1) is 9.06. The SMILES string of the molecule is Cc1ccc(-c2cccc(CCC(C)N)c2)cc1C. The van der Waals surface area contributed by atoms with Gasteiger partial charge in [-0.25, -0.2) is 0 Å².